The Balaban J connectivity index is 1.48. The zero-order chi connectivity index (χ0) is 13.4. The van der Waals surface area contributed by atoms with Crippen LogP contribution < -0.4 is 4.74 Å². The minimum Gasteiger partial charge on any atom is -0.472 e. The molecule has 0 saturated carbocycles. The normalized spacial score (nSPS) is 27.7. The first kappa shape index (κ1) is 11.9. The van der Waals surface area contributed by atoms with E-state index < -0.39 is 0 Å². The Morgan fingerprint density at radius 3 is 2.55 bits per heavy atom. The molecule has 2 aliphatic heterocycles. The van der Waals surface area contributed by atoms with E-state index in [1.807, 2.05) is 42.5 Å². The van der Waals surface area contributed by atoms with Gasteiger partial charge in [-0.1, -0.05) is 30.3 Å². The van der Waals surface area contributed by atoms with Crippen molar-refractivity contribution in [1.82, 2.24) is 15.1 Å². The molecule has 3 atom stereocenters. The van der Waals surface area contributed by atoms with Gasteiger partial charge in [0.15, 0.2) is 0 Å². The highest BCUT2D eigenvalue weighted by atomic mass is 16.5. The van der Waals surface area contributed by atoms with Gasteiger partial charge in [0.25, 0.3) is 0 Å². The first-order valence-corrected chi connectivity index (χ1v) is 7.17. The van der Waals surface area contributed by atoms with Crippen LogP contribution in [-0.4, -0.2) is 40.8 Å². The molecular formula is C16H17N3O. The number of nitrogens with zero attached hydrogens (tertiary/aromatic N) is 3. The monoisotopic (exact) mass is 267 g/mol. The summed E-state index contributed by atoms with van der Waals surface area (Å²) in [6.07, 6.45) is 1.54. The van der Waals surface area contributed by atoms with Crippen LogP contribution in [0.15, 0.2) is 42.5 Å². The standard InChI is InChI=1S/C16H17N3O/c1-2-4-12(5-3-1)14-6-7-16(18-17-14)20-15-11-19-9-8-13(15)10-19/h1-7,13,15H,8-11H2/t13-,15-/m1/s1. The van der Waals surface area contributed by atoms with Gasteiger partial charge in [0.1, 0.15) is 6.10 Å². The van der Waals surface area contributed by atoms with Gasteiger partial charge < -0.3 is 4.74 Å². The highest BCUT2D eigenvalue weighted by Gasteiger charge is 2.39. The molecule has 0 aliphatic carbocycles. The smallest absolute Gasteiger partial charge is 0.233 e. The number of hydrogen-bond donors (Lipinski definition) is 0. The van der Waals surface area contributed by atoms with Crippen molar-refractivity contribution in [2.75, 3.05) is 19.6 Å². The predicted molar refractivity (Wildman–Crippen MR) is 76.4 cm³/mol. The minimum absolute atomic E-state index is 0.292. The Kier molecular flexibility index (Phi) is 2.89. The average Bonchev–Trinajstić information content (AvgIpc) is 3.12. The van der Waals surface area contributed by atoms with Gasteiger partial charge >= 0.3 is 0 Å². The van der Waals surface area contributed by atoms with Gasteiger partial charge in [-0.15, -0.1) is 10.2 Å². The molecule has 2 saturated heterocycles. The van der Waals surface area contributed by atoms with Crippen LogP contribution in [0.3, 0.4) is 0 Å². The van der Waals surface area contributed by atoms with E-state index >= 15 is 0 Å². The van der Waals surface area contributed by atoms with Crippen molar-refractivity contribution >= 4 is 0 Å². The summed E-state index contributed by atoms with van der Waals surface area (Å²) in [5.41, 5.74) is 1.97. The van der Waals surface area contributed by atoms with Crippen molar-refractivity contribution in [3.63, 3.8) is 0 Å². The molecule has 2 aromatic rings. The SMILES string of the molecule is c1ccc(-c2ccc(O[C@@H]3CN4CC[C@@H]3C4)nn2)cc1. The van der Waals surface area contributed by atoms with Crippen LogP contribution in [0.5, 0.6) is 5.88 Å². The van der Waals surface area contributed by atoms with Crippen LogP contribution in [0.1, 0.15) is 6.42 Å². The lowest BCUT2D eigenvalue weighted by Gasteiger charge is -2.22. The molecule has 4 heteroatoms. The average molecular weight is 267 g/mol. The molecule has 0 radical (unpaired) electrons. The van der Waals surface area contributed by atoms with Gasteiger partial charge in [-0.25, -0.2) is 0 Å². The Labute approximate surface area is 118 Å². The maximum atomic E-state index is 5.98. The third kappa shape index (κ3) is 2.16. The van der Waals surface area contributed by atoms with E-state index in [0.29, 0.717) is 17.9 Å². The molecule has 1 aromatic heterocycles. The molecule has 0 spiro atoms. The van der Waals surface area contributed by atoms with Crippen molar-refractivity contribution in [1.29, 1.82) is 0 Å². The van der Waals surface area contributed by atoms with Crippen LogP contribution in [0, 0.1) is 5.92 Å². The maximum absolute atomic E-state index is 5.98. The fraction of sp³-hybridized carbons (Fsp3) is 0.375. The van der Waals surface area contributed by atoms with E-state index in [9.17, 15) is 0 Å². The van der Waals surface area contributed by atoms with Gasteiger partial charge in [-0.3, -0.25) is 4.90 Å². The first-order chi connectivity index (χ1) is 9.88. The summed E-state index contributed by atoms with van der Waals surface area (Å²) < 4.78 is 5.98. The van der Waals surface area contributed by atoms with E-state index in [1.165, 1.54) is 19.5 Å². The summed E-state index contributed by atoms with van der Waals surface area (Å²) >= 11 is 0. The number of rotatable bonds is 3. The third-order valence-corrected chi connectivity index (χ3v) is 4.25. The second kappa shape index (κ2) is 4.87. The zero-order valence-electron chi connectivity index (χ0n) is 11.3. The van der Waals surface area contributed by atoms with Gasteiger partial charge in [0.05, 0.1) is 5.69 Å². The Morgan fingerprint density at radius 2 is 1.90 bits per heavy atom. The molecule has 4 nitrogen and oxygen atoms in total. The zero-order valence-corrected chi connectivity index (χ0v) is 11.3. The second-order valence-electron chi connectivity index (χ2n) is 5.59. The van der Waals surface area contributed by atoms with E-state index in [0.717, 1.165) is 17.8 Å². The van der Waals surface area contributed by atoms with Crippen molar-refractivity contribution in [3.05, 3.63) is 42.5 Å². The molecule has 2 aliphatic rings. The topological polar surface area (TPSA) is 38.2 Å². The lowest BCUT2D eigenvalue weighted by Crippen LogP contribution is -2.32. The number of piperidine rings is 1. The molecule has 20 heavy (non-hydrogen) atoms. The van der Waals surface area contributed by atoms with Crippen LogP contribution in [-0.2, 0) is 0 Å². The van der Waals surface area contributed by atoms with Gasteiger partial charge in [0.2, 0.25) is 5.88 Å². The van der Waals surface area contributed by atoms with Crippen LogP contribution >= 0.6 is 0 Å². The fourth-order valence-corrected chi connectivity index (χ4v) is 3.17. The van der Waals surface area contributed by atoms with Gasteiger partial charge in [-0.2, -0.15) is 0 Å². The molecule has 0 amide bonds. The molecule has 1 unspecified atom stereocenters. The number of benzene rings is 1. The molecule has 102 valence electrons. The second-order valence-corrected chi connectivity index (χ2v) is 5.59. The summed E-state index contributed by atoms with van der Waals surface area (Å²) in [7, 11) is 0. The third-order valence-electron chi connectivity index (χ3n) is 4.25. The van der Waals surface area contributed by atoms with E-state index in [-0.39, 0.29) is 0 Å². The van der Waals surface area contributed by atoms with Crippen LogP contribution in [0.2, 0.25) is 0 Å². The van der Waals surface area contributed by atoms with Crippen molar-refractivity contribution in [2.45, 2.75) is 12.5 Å². The van der Waals surface area contributed by atoms with E-state index in [4.69, 9.17) is 4.74 Å². The summed E-state index contributed by atoms with van der Waals surface area (Å²) in [5, 5.41) is 8.48. The maximum Gasteiger partial charge on any atom is 0.233 e. The highest BCUT2D eigenvalue weighted by molar-refractivity contribution is 5.58. The number of aromatic nitrogens is 2. The summed E-state index contributed by atoms with van der Waals surface area (Å²) in [6, 6.07) is 14.0. The van der Waals surface area contributed by atoms with Crippen molar-refractivity contribution in [3.8, 4) is 17.1 Å². The van der Waals surface area contributed by atoms with Crippen molar-refractivity contribution in [2.24, 2.45) is 5.92 Å². The molecule has 0 N–H and O–H groups in total. The van der Waals surface area contributed by atoms with Crippen molar-refractivity contribution < 1.29 is 4.74 Å². The molecule has 3 heterocycles. The number of ether oxygens (including phenoxy) is 1. The Bertz CT molecular complexity index is 584. The molecule has 1 aromatic carbocycles. The van der Waals surface area contributed by atoms with Crippen LogP contribution in [0.25, 0.3) is 11.3 Å². The van der Waals surface area contributed by atoms with E-state index in [1.54, 1.807) is 0 Å². The fourth-order valence-electron chi connectivity index (χ4n) is 3.17. The Morgan fingerprint density at radius 1 is 1.00 bits per heavy atom. The Hall–Kier alpha value is -1.94. The first-order valence-electron chi connectivity index (χ1n) is 7.17. The van der Waals surface area contributed by atoms with Crippen LogP contribution in [0.4, 0.5) is 0 Å². The molecule has 2 bridgehead atoms. The lowest BCUT2D eigenvalue weighted by molar-refractivity contribution is 0.134. The summed E-state index contributed by atoms with van der Waals surface area (Å²) in [5.74, 6) is 1.31. The predicted octanol–water partition coefficient (Wildman–Crippen LogP) is 2.23. The quantitative estimate of drug-likeness (QED) is 0.854. The molecular weight excluding hydrogens is 250 g/mol. The number of hydrogen-bond acceptors (Lipinski definition) is 4. The summed E-state index contributed by atoms with van der Waals surface area (Å²) in [6.45, 7) is 3.44. The summed E-state index contributed by atoms with van der Waals surface area (Å²) in [4.78, 5) is 2.46. The number of fused-ring (bicyclic) bond motifs is 2. The van der Waals surface area contributed by atoms with Gasteiger partial charge in [-0.05, 0) is 19.0 Å². The van der Waals surface area contributed by atoms with E-state index in [2.05, 4.69) is 15.1 Å². The minimum atomic E-state index is 0.292. The van der Waals surface area contributed by atoms with Gasteiger partial charge in [0, 0.05) is 30.6 Å². The highest BCUT2D eigenvalue weighted by Crippen LogP contribution is 2.30. The molecule has 4 rings (SSSR count). The largest absolute Gasteiger partial charge is 0.472 e. The molecule has 2 fully saturated rings. The lowest BCUT2D eigenvalue weighted by atomic mass is 10.0.